The van der Waals surface area contributed by atoms with E-state index in [1.807, 2.05) is 0 Å². The van der Waals surface area contributed by atoms with E-state index < -0.39 is 0 Å². The predicted octanol–water partition coefficient (Wildman–Crippen LogP) is 3.69. The van der Waals surface area contributed by atoms with Gasteiger partial charge in [0.25, 0.3) is 0 Å². The lowest BCUT2D eigenvalue weighted by atomic mass is 10.0. The molecule has 0 spiro atoms. The third-order valence-electron chi connectivity index (χ3n) is 2.79. The Morgan fingerprint density at radius 2 is 2.33 bits per heavy atom. The Morgan fingerprint density at radius 1 is 1.47 bits per heavy atom. The van der Waals surface area contributed by atoms with Crippen LogP contribution in [-0.2, 0) is 0 Å². The number of fused-ring (bicyclic) bond motifs is 1. The number of likely N-dealkylation sites (N-methyl/N-ethyl adjacent to an activating group) is 1. The summed E-state index contributed by atoms with van der Waals surface area (Å²) in [5.41, 5.74) is 1.31. The van der Waals surface area contributed by atoms with Crippen molar-refractivity contribution in [3.63, 3.8) is 0 Å². The minimum Gasteiger partial charge on any atom is -0.449 e. The summed E-state index contributed by atoms with van der Waals surface area (Å²) in [6.07, 6.45) is 1.77. The van der Waals surface area contributed by atoms with Gasteiger partial charge in [0.1, 0.15) is 0 Å². The van der Waals surface area contributed by atoms with Crippen LogP contribution in [0, 0.1) is 0 Å². The molecule has 1 aliphatic heterocycles. The molecule has 2 aromatic rings. The maximum atomic E-state index is 5.47. The number of nitrogens with zero attached hydrogens (tertiary/aromatic N) is 1. The number of hydrogen-bond acceptors (Lipinski definition) is 3. The fourth-order valence-electron chi connectivity index (χ4n) is 2.10. The summed E-state index contributed by atoms with van der Waals surface area (Å²) in [5, 5.41) is 0. The lowest BCUT2D eigenvalue weighted by molar-refractivity contribution is 0.564. The molecule has 0 saturated carbocycles. The maximum absolute atomic E-state index is 5.47. The summed E-state index contributed by atoms with van der Waals surface area (Å²) < 4.78 is 6.66. The van der Waals surface area contributed by atoms with E-state index in [4.69, 9.17) is 4.42 Å². The molecule has 0 saturated heterocycles. The topological polar surface area (TPSA) is 16.4 Å². The van der Waals surface area contributed by atoms with Crippen molar-refractivity contribution in [2.75, 3.05) is 18.5 Å². The fraction of sp³-hybridized carbons (Fsp3) is 0.273. The molecule has 0 amide bonds. The zero-order valence-electron chi connectivity index (χ0n) is 8.24. The van der Waals surface area contributed by atoms with Crippen LogP contribution in [0.1, 0.15) is 16.4 Å². The first-order valence-electron chi connectivity index (χ1n) is 4.79. The van der Waals surface area contributed by atoms with Crippen molar-refractivity contribution >= 4 is 33.2 Å². The van der Waals surface area contributed by atoms with Gasteiger partial charge in [-0.05, 0) is 34.1 Å². The molecular formula is C11H10BrNOS. The summed E-state index contributed by atoms with van der Waals surface area (Å²) in [7, 11) is 2.07. The van der Waals surface area contributed by atoms with Crippen molar-refractivity contribution in [3.8, 4) is 0 Å². The Kier molecular flexibility index (Phi) is 2.14. The molecule has 0 aliphatic carbocycles. The smallest absolute Gasteiger partial charge is 0.198 e. The van der Waals surface area contributed by atoms with Crippen LogP contribution in [0.2, 0.25) is 0 Å². The van der Waals surface area contributed by atoms with Gasteiger partial charge in [-0.15, -0.1) is 11.3 Å². The number of halogens is 1. The first-order chi connectivity index (χ1) is 7.25. The molecule has 3 rings (SSSR count). The quantitative estimate of drug-likeness (QED) is 0.794. The van der Waals surface area contributed by atoms with Crippen molar-refractivity contribution in [1.82, 2.24) is 0 Å². The first-order valence-corrected chi connectivity index (χ1v) is 6.40. The van der Waals surface area contributed by atoms with Crippen LogP contribution < -0.4 is 4.90 Å². The van der Waals surface area contributed by atoms with E-state index in [1.54, 1.807) is 17.6 Å². The van der Waals surface area contributed by atoms with Crippen LogP contribution in [0.3, 0.4) is 0 Å². The van der Waals surface area contributed by atoms with E-state index >= 15 is 0 Å². The van der Waals surface area contributed by atoms with Crippen molar-refractivity contribution in [2.24, 2.45) is 0 Å². The van der Waals surface area contributed by atoms with Gasteiger partial charge in [0.15, 0.2) is 5.88 Å². The second-order valence-electron chi connectivity index (χ2n) is 3.76. The zero-order valence-corrected chi connectivity index (χ0v) is 10.6. The molecule has 0 radical (unpaired) electrons. The number of hydrogen-bond donors (Lipinski definition) is 0. The molecular weight excluding hydrogens is 274 g/mol. The molecule has 1 aliphatic rings. The molecule has 15 heavy (non-hydrogen) atoms. The lowest BCUT2D eigenvalue weighted by Crippen LogP contribution is -2.15. The Morgan fingerprint density at radius 3 is 3.07 bits per heavy atom. The first kappa shape index (κ1) is 9.48. The van der Waals surface area contributed by atoms with Crippen molar-refractivity contribution in [2.45, 2.75) is 5.92 Å². The highest BCUT2D eigenvalue weighted by atomic mass is 79.9. The van der Waals surface area contributed by atoms with Crippen LogP contribution in [-0.4, -0.2) is 13.6 Å². The van der Waals surface area contributed by atoms with Crippen LogP contribution in [0.5, 0.6) is 0 Å². The van der Waals surface area contributed by atoms with Crippen LogP contribution in [0.25, 0.3) is 0 Å². The largest absolute Gasteiger partial charge is 0.449 e. The van der Waals surface area contributed by atoms with Gasteiger partial charge >= 0.3 is 0 Å². The SMILES string of the molecule is CN1CC(c2ccc(Br)s2)c2ccoc21. The molecule has 3 heterocycles. The summed E-state index contributed by atoms with van der Waals surface area (Å²) >= 11 is 5.31. The van der Waals surface area contributed by atoms with Crippen molar-refractivity contribution < 1.29 is 4.42 Å². The van der Waals surface area contributed by atoms with Gasteiger partial charge in [0.2, 0.25) is 0 Å². The van der Waals surface area contributed by atoms with Crippen LogP contribution in [0.4, 0.5) is 5.88 Å². The van der Waals surface area contributed by atoms with Gasteiger partial charge in [-0.1, -0.05) is 0 Å². The number of furan rings is 1. The van der Waals surface area contributed by atoms with Gasteiger partial charge in [-0.2, -0.15) is 0 Å². The number of thiophene rings is 1. The molecule has 0 N–H and O–H groups in total. The van der Waals surface area contributed by atoms with E-state index in [9.17, 15) is 0 Å². The molecule has 4 heteroatoms. The summed E-state index contributed by atoms with van der Waals surface area (Å²) in [5.74, 6) is 1.49. The average molecular weight is 284 g/mol. The highest BCUT2D eigenvalue weighted by Gasteiger charge is 2.31. The Bertz CT molecular complexity index is 490. The second-order valence-corrected chi connectivity index (χ2v) is 6.25. The Hall–Kier alpha value is -0.740. The lowest BCUT2D eigenvalue weighted by Gasteiger charge is -2.10. The minimum atomic E-state index is 0.472. The third kappa shape index (κ3) is 1.43. The van der Waals surface area contributed by atoms with Crippen LogP contribution in [0.15, 0.2) is 32.7 Å². The van der Waals surface area contributed by atoms with Gasteiger partial charge in [-0.25, -0.2) is 0 Å². The summed E-state index contributed by atoms with van der Waals surface area (Å²) in [6, 6.07) is 6.38. The van der Waals surface area contributed by atoms with Gasteiger partial charge < -0.3 is 9.32 Å². The van der Waals surface area contributed by atoms with E-state index in [1.165, 1.54) is 14.2 Å². The van der Waals surface area contributed by atoms with Gasteiger partial charge in [-0.3, -0.25) is 0 Å². The molecule has 2 nitrogen and oxygen atoms in total. The molecule has 0 fully saturated rings. The molecule has 1 unspecified atom stereocenters. The molecule has 0 aromatic carbocycles. The highest BCUT2D eigenvalue weighted by Crippen LogP contribution is 2.42. The molecule has 78 valence electrons. The number of anilines is 1. The average Bonchev–Trinajstić information content (AvgIpc) is 2.84. The van der Waals surface area contributed by atoms with E-state index in [0.29, 0.717) is 5.92 Å². The van der Waals surface area contributed by atoms with E-state index in [-0.39, 0.29) is 0 Å². The minimum absolute atomic E-state index is 0.472. The van der Waals surface area contributed by atoms with E-state index in [2.05, 4.69) is 46.1 Å². The summed E-state index contributed by atoms with van der Waals surface area (Å²) in [4.78, 5) is 3.57. The van der Waals surface area contributed by atoms with Gasteiger partial charge in [0.05, 0.1) is 10.0 Å². The van der Waals surface area contributed by atoms with Crippen molar-refractivity contribution in [1.29, 1.82) is 0 Å². The Labute approximate surface area is 101 Å². The monoisotopic (exact) mass is 283 g/mol. The fourth-order valence-corrected chi connectivity index (χ4v) is 3.63. The zero-order chi connectivity index (χ0) is 10.4. The predicted molar refractivity (Wildman–Crippen MR) is 65.8 cm³/mol. The van der Waals surface area contributed by atoms with Gasteiger partial charge in [0, 0.05) is 30.0 Å². The van der Waals surface area contributed by atoms with E-state index in [0.717, 1.165) is 12.4 Å². The molecule has 1 atom stereocenters. The second kappa shape index (κ2) is 3.39. The standard InChI is InChI=1S/C11H10BrNOS/c1-13-6-8(7-4-5-14-11(7)13)9-2-3-10(12)15-9/h2-5,8H,6H2,1H3. The number of rotatable bonds is 1. The summed E-state index contributed by atoms with van der Waals surface area (Å²) in [6.45, 7) is 1.02. The molecule has 0 bridgehead atoms. The Balaban J connectivity index is 2.04. The van der Waals surface area contributed by atoms with Crippen molar-refractivity contribution in [3.05, 3.63) is 38.7 Å². The maximum Gasteiger partial charge on any atom is 0.198 e. The van der Waals surface area contributed by atoms with Crippen LogP contribution >= 0.6 is 27.3 Å². The normalized spacial score (nSPS) is 19.6. The highest BCUT2D eigenvalue weighted by molar-refractivity contribution is 9.11. The molecule has 2 aromatic heterocycles. The third-order valence-corrected chi connectivity index (χ3v) is 4.53.